The first-order chi connectivity index (χ1) is 4.38. The van der Waals surface area contributed by atoms with E-state index in [1.165, 1.54) is 0 Å². The molecule has 54 valence electrons. The first-order valence-electron chi connectivity index (χ1n) is 3.35. The minimum Gasteiger partial charge on any atom is -0.330 e. The molecule has 1 saturated heterocycles. The maximum atomic E-state index is 12.0. The summed E-state index contributed by atoms with van der Waals surface area (Å²) in [4.78, 5) is 0. The summed E-state index contributed by atoms with van der Waals surface area (Å²) < 4.78 is 12.0. The van der Waals surface area contributed by atoms with Crippen LogP contribution in [-0.2, 0) is 0 Å². The molecule has 3 heteroatoms. The zero-order chi connectivity index (χ0) is 6.69. The van der Waals surface area contributed by atoms with Gasteiger partial charge in [-0.3, -0.25) is 4.39 Å². The summed E-state index contributed by atoms with van der Waals surface area (Å²) in [5.74, 6) is 0.546. The Labute approximate surface area is 54.6 Å². The molecule has 0 unspecified atom stereocenters. The number of nitrogens with two attached hydrogens (primary N) is 1. The van der Waals surface area contributed by atoms with E-state index in [0.717, 1.165) is 13.1 Å². The molecule has 0 saturated carbocycles. The van der Waals surface area contributed by atoms with Crippen molar-refractivity contribution < 1.29 is 4.39 Å². The second kappa shape index (κ2) is 3.13. The third-order valence-corrected chi connectivity index (χ3v) is 1.98. The van der Waals surface area contributed by atoms with Crippen molar-refractivity contribution in [1.82, 2.24) is 5.32 Å². The summed E-state index contributed by atoms with van der Waals surface area (Å²) in [6, 6.07) is 0. The first-order valence-corrected chi connectivity index (χ1v) is 3.35. The third kappa shape index (κ3) is 1.40. The van der Waals surface area contributed by atoms with Gasteiger partial charge in [0.05, 0.1) is 6.67 Å². The van der Waals surface area contributed by atoms with Crippen LogP contribution in [0.25, 0.3) is 0 Å². The van der Waals surface area contributed by atoms with Gasteiger partial charge in [0, 0.05) is 12.5 Å². The molecule has 2 atom stereocenters. The highest BCUT2D eigenvalue weighted by Gasteiger charge is 2.24. The average molecular weight is 132 g/mol. The van der Waals surface area contributed by atoms with Crippen LogP contribution in [0.5, 0.6) is 0 Å². The summed E-state index contributed by atoms with van der Waals surface area (Å²) in [5.41, 5.74) is 5.39. The Balaban J connectivity index is 2.32. The zero-order valence-corrected chi connectivity index (χ0v) is 5.44. The van der Waals surface area contributed by atoms with Crippen LogP contribution in [0.4, 0.5) is 4.39 Å². The molecule has 0 spiro atoms. The fourth-order valence-electron chi connectivity index (χ4n) is 1.24. The standard InChI is InChI=1S/C6H13FN2/c7-1-5-3-9-4-6(5)2-8/h5-6,9H,1-4,8H2/t5-,6-/m0/s1. The average Bonchev–Trinajstić information content (AvgIpc) is 2.33. The molecule has 0 bridgehead atoms. The Hall–Kier alpha value is -0.150. The molecule has 0 aromatic carbocycles. The fourth-order valence-corrected chi connectivity index (χ4v) is 1.24. The summed E-state index contributed by atoms with van der Waals surface area (Å²) in [5, 5.41) is 3.10. The molecule has 1 aliphatic rings. The summed E-state index contributed by atoms with van der Waals surface area (Å²) in [6.07, 6.45) is 0. The molecule has 1 aliphatic heterocycles. The van der Waals surface area contributed by atoms with E-state index in [0.29, 0.717) is 12.5 Å². The third-order valence-electron chi connectivity index (χ3n) is 1.98. The Kier molecular flexibility index (Phi) is 2.42. The van der Waals surface area contributed by atoms with Gasteiger partial charge in [0.25, 0.3) is 0 Å². The predicted octanol–water partition coefficient (Wildman–Crippen LogP) is -0.250. The quantitative estimate of drug-likeness (QED) is 0.543. The van der Waals surface area contributed by atoms with Crippen LogP contribution in [0.2, 0.25) is 0 Å². The van der Waals surface area contributed by atoms with E-state index in [1.54, 1.807) is 0 Å². The van der Waals surface area contributed by atoms with Crippen LogP contribution in [0.1, 0.15) is 0 Å². The molecule has 1 fully saturated rings. The number of hydrogen-bond acceptors (Lipinski definition) is 2. The van der Waals surface area contributed by atoms with Crippen molar-refractivity contribution in [2.45, 2.75) is 0 Å². The van der Waals surface area contributed by atoms with Gasteiger partial charge in [-0.15, -0.1) is 0 Å². The number of rotatable bonds is 2. The number of halogens is 1. The van der Waals surface area contributed by atoms with Crippen molar-refractivity contribution in [2.75, 3.05) is 26.3 Å². The predicted molar refractivity (Wildman–Crippen MR) is 34.9 cm³/mol. The summed E-state index contributed by atoms with van der Waals surface area (Å²) >= 11 is 0. The second-order valence-electron chi connectivity index (χ2n) is 2.57. The van der Waals surface area contributed by atoms with Gasteiger partial charge >= 0.3 is 0 Å². The van der Waals surface area contributed by atoms with Gasteiger partial charge in [-0.25, -0.2) is 0 Å². The molecular weight excluding hydrogens is 119 g/mol. The van der Waals surface area contributed by atoms with Crippen molar-refractivity contribution in [3.63, 3.8) is 0 Å². The van der Waals surface area contributed by atoms with Gasteiger partial charge in [0.2, 0.25) is 0 Å². The van der Waals surface area contributed by atoms with Crippen LogP contribution in [0.3, 0.4) is 0 Å². The molecule has 1 heterocycles. The van der Waals surface area contributed by atoms with Gasteiger partial charge in [-0.1, -0.05) is 0 Å². The molecule has 0 radical (unpaired) electrons. The number of hydrogen-bond donors (Lipinski definition) is 2. The molecular formula is C6H13FN2. The van der Waals surface area contributed by atoms with Crippen molar-refractivity contribution >= 4 is 0 Å². The fraction of sp³-hybridized carbons (Fsp3) is 1.00. The molecule has 9 heavy (non-hydrogen) atoms. The van der Waals surface area contributed by atoms with Crippen molar-refractivity contribution in [3.05, 3.63) is 0 Å². The highest BCUT2D eigenvalue weighted by Crippen LogP contribution is 2.14. The van der Waals surface area contributed by atoms with Crippen molar-refractivity contribution in [1.29, 1.82) is 0 Å². The largest absolute Gasteiger partial charge is 0.330 e. The zero-order valence-electron chi connectivity index (χ0n) is 5.44. The topological polar surface area (TPSA) is 38.0 Å². The lowest BCUT2D eigenvalue weighted by molar-refractivity contribution is 0.319. The van der Waals surface area contributed by atoms with E-state index < -0.39 is 0 Å². The molecule has 3 N–H and O–H groups in total. The SMILES string of the molecule is NC[C@H]1CNC[C@@H]1CF. The molecule has 0 aromatic rings. The van der Waals surface area contributed by atoms with E-state index in [1.807, 2.05) is 0 Å². The summed E-state index contributed by atoms with van der Waals surface area (Å²) in [7, 11) is 0. The molecule has 2 nitrogen and oxygen atoms in total. The maximum absolute atomic E-state index is 12.0. The molecule has 0 amide bonds. The van der Waals surface area contributed by atoms with Gasteiger partial charge < -0.3 is 11.1 Å². The lowest BCUT2D eigenvalue weighted by Gasteiger charge is -2.10. The van der Waals surface area contributed by atoms with Gasteiger partial charge in [0.1, 0.15) is 0 Å². The van der Waals surface area contributed by atoms with Gasteiger partial charge in [-0.05, 0) is 19.0 Å². The smallest absolute Gasteiger partial charge is 0.0938 e. The van der Waals surface area contributed by atoms with E-state index in [2.05, 4.69) is 5.32 Å². The monoisotopic (exact) mass is 132 g/mol. The van der Waals surface area contributed by atoms with Crippen molar-refractivity contribution in [3.8, 4) is 0 Å². The van der Waals surface area contributed by atoms with Crippen LogP contribution < -0.4 is 11.1 Å². The van der Waals surface area contributed by atoms with Gasteiger partial charge in [0.15, 0.2) is 0 Å². The lowest BCUT2D eigenvalue weighted by Crippen LogP contribution is -2.23. The highest BCUT2D eigenvalue weighted by molar-refractivity contribution is 4.80. The van der Waals surface area contributed by atoms with Crippen LogP contribution in [0, 0.1) is 11.8 Å². The van der Waals surface area contributed by atoms with Crippen molar-refractivity contribution in [2.24, 2.45) is 17.6 Å². The lowest BCUT2D eigenvalue weighted by atomic mass is 9.98. The van der Waals surface area contributed by atoms with Crippen LogP contribution in [0.15, 0.2) is 0 Å². The Morgan fingerprint density at radius 2 is 2.11 bits per heavy atom. The van der Waals surface area contributed by atoms with E-state index in [4.69, 9.17) is 5.73 Å². The molecule has 0 aliphatic carbocycles. The number of nitrogens with one attached hydrogen (secondary N) is 1. The van der Waals surface area contributed by atoms with E-state index in [9.17, 15) is 4.39 Å². The van der Waals surface area contributed by atoms with Crippen LogP contribution >= 0.6 is 0 Å². The Morgan fingerprint density at radius 3 is 2.56 bits per heavy atom. The van der Waals surface area contributed by atoms with Crippen LogP contribution in [-0.4, -0.2) is 26.3 Å². The summed E-state index contributed by atoms with van der Waals surface area (Å²) in [6.45, 7) is 2.08. The molecule has 1 rings (SSSR count). The Morgan fingerprint density at radius 1 is 1.44 bits per heavy atom. The first kappa shape index (κ1) is 6.96. The number of alkyl halides is 1. The second-order valence-corrected chi connectivity index (χ2v) is 2.57. The maximum Gasteiger partial charge on any atom is 0.0938 e. The normalized spacial score (nSPS) is 35.3. The Bertz CT molecular complexity index is 77.1. The van der Waals surface area contributed by atoms with E-state index in [-0.39, 0.29) is 12.6 Å². The minimum atomic E-state index is -0.227. The van der Waals surface area contributed by atoms with Gasteiger partial charge in [-0.2, -0.15) is 0 Å². The minimum absolute atomic E-state index is 0.176. The highest BCUT2D eigenvalue weighted by atomic mass is 19.1. The molecule has 0 aromatic heterocycles. The van der Waals surface area contributed by atoms with E-state index >= 15 is 0 Å².